The second-order valence-electron chi connectivity index (χ2n) is 2.11. The molecule has 0 amide bonds. The number of hydrogen-bond acceptors (Lipinski definition) is 6. The van der Waals surface area contributed by atoms with E-state index in [0.717, 1.165) is 0 Å². The SMILES string of the molecule is CS(=O)(=O)OS(=O)(=O)CCCO. The van der Waals surface area contributed by atoms with Gasteiger partial charge in [0, 0.05) is 6.61 Å². The fourth-order valence-electron chi connectivity index (χ4n) is 0.464. The molecular weight excluding hydrogens is 208 g/mol. The molecule has 0 fully saturated rings. The van der Waals surface area contributed by atoms with Crippen molar-refractivity contribution < 1.29 is 25.6 Å². The Balaban J connectivity index is 4.26. The van der Waals surface area contributed by atoms with E-state index < -0.39 is 26.0 Å². The smallest absolute Gasteiger partial charge is 0.281 e. The molecule has 6 nitrogen and oxygen atoms in total. The van der Waals surface area contributed by atoms with Crippen LogP contribution in [0.3, 0.4) is 0 Å². The molecular formula is C4H10O6S2. The van der Waals surface area contributed by atoms with Crippen molar-refractivity contribution in [3.8, 4) is 0 Å². The third-order valence-corrected chi connectivity index (χ3v) is 3.39. The van der Waals surface area contributed by atoms with Crippen LogP contribution in [0.5, 0.6) is 0 Å². The van der Waals surface area contributed by atoms with Gasteiger partial charge in [-0.1, -0.05) is 0 Å². The molecule has 1 N–H and O–H groups in total. The molecule has 0 heterocycles. The molecule has 0 atom stereocenters. The highest BCUT2D eigenvalue weighted by atomic mass is 32.3. The van der Waals surface area contributed by atoms with Gasteiger partial charge in [-0.05, 0) is 6.42 Å². The highest BCUT2D eigenvalue weighted by molar-refractivity contribution is 7.99. The minimum Gasteiger partial charge on any atom is -0.396 e. The summed E-state index contributed by atoms with van der Waals surface area (Å²) in [6.07, 6.45) is 0.599. The average Bonchev–Trinajstić information content (AvgIpc) is 1.78. The van der Waals surface area contributed by atoms with Crippen molar-refractivity contribution in [1.82, 2.24) is 0 Å². The van der Waals surface area contributed by atoms with Gasteiger partial charge in [0.2, 0.25) is 0 Å². The number of hydrogen-bond donors (Lipinski definition) is 1. The van der Waals surface area contributed by atoms with Crippen molar-refractivity contribution in [2.45, 2.75) is 6.42 Å². The van der Waals surface area contributed by atoms with E-state index in [1.54, 1.807) is 0 Å². The Bertz CT molecular complexity index is 311. The molecule has 0 spiro atoms. The van der Waals surface area contributed by atoms with E-state index >= 15 is 0 Å². The largest absolute Gasteiger partial charge is 0.396 e. The number of aliphatic hydroxyl groups excluding tert-OH is 1. The Morgan fingerprint density at radius 2 is 1.75 bits per heavy atom. The molecule has 0 aromatic rings. The molecule has 0 bridgehead atoms. The van der Waals surface area contributed by atoms with Crippen LogP contribution in [0.15, 0.2) is 0 Å². The normalized spacial score (nSPS) is 13.2. The lowest BCUT2D eigenvalue weighted by molar-refractivity contribution is 0.294. The van der Waals surface area contributed by atoms with E-state index in [0.29, 0.717) is 6.26 Å². The zero-order valence-corrected chi connectivity index (χ0v) is 8.06. The first-order valence-electron chi connectivity index (χ1n) is 3.01. The minimum absolute atomic E-state index is 0.0438. The van der Waals surface area contributed by atoms with Crippen LogP contribution in [-0.2, 0) is 23.9 Å². The summed E-state index contributed by atoms with van der Waals surface area (Å²) in [5.74, 6) is -0.503. The highest BCUT2D eigenvalue weighted by Gasteiger charge is 2.17. The Morgan fingerprint density at radius 1 is 1.25 bits per heavy atom. The van der Waals surface area contributed by atoms with Gasteiger partial charge in [0.1, 0.15) is 0 Å². The van der Waals surface area contributed by atoms with E-state index in [1.807, 2.05) is 0 Å². The first kappa shape index (κ1) is 11.8. The number of aliphatic hydroxyl groups is 1. The summed E-state index contributed by atoms with van der Waals surface area (Å²) in [6.45, 7) is -0.327. The number of rotatable bonds is 5. The first-order valence-corrected chi connectivity index (χ1v) is 6.41. The molecule has 8 heteroatoms. The zero-order chi connectivity index (χ0) is 9.83. The molecule has 0 saturated heterocycles. The lowest BCUT2D eigenvalue weighted by atomic mass is 10.5. The van der Waals surface area contributed by atoms with Crippen LogP contribution in [0.25, 0.3) is 0 Å². The molecule has 0 aliphatic heterocycles. The standard InChI is InChI=1S/C4H10O6S2/c1-11(6,7)10-12(8,9)4-2-3-5/h5H,2-4H2,1H3. The monoisotopic (exact) mass is 218 g/mol. The summed E-state index contributed by atoms with van der Waals surface area (Å²) >= 11 is 0. The van der Waals surface area contributed by atoms with Gasteiger partial charge < -0.3 is 5.11 Å². The molecule has 0 rings (SSSR count). The van der Waals surface area contributed by atoms with E-state index in [1.165, 1.54) is 0 Å². The van der Waals surface area contributed by atoms with Crippen LogP contribution >= 0.6 is 0 Å². The minimum atomic E-state index is -4.05. The predicted octanol–water partition coefficient (Wildman–Crippen LogP) is -1.33. The second-order valence-corrected chi connectivity index (χ2v) is 5.59. The Hall–Kier alpha value is -0.180. The first-order chi connectivity index (χ1) is 5.27. The fourth-order valence-corrected chi connectivity index (χ4v) is 2.72. The van der Waals surface area contributed by atoms with Crippen LogP contribution in [0.4, 0.5) is 0 Å². The zero-order valence-electron chi connectivity index (χ0n) is 6.43. The van der Waals surface area contributed by atoms with Crippen molar-refractivity contribution in [3.63, 3.8) is 0 Å². The molecule has 0 unspecified atom stereocenters. The molecule has 0 radical (unpaired) electrons. The molecule has 74 valence electrons. The van der Waals surface area contributed by atoms with Gasteiger partial charge in [0.05, 0.1) is 12.0 Å². The summed E-state index contributed by atoms with van der Waals surface area (Å²) in [7, 11) is -8.03. The summed E-state index contributed by atoms with van der Waals surface area (Å²) in [5.41, 5.74) is 0. The topological polar surface area (TPSA) is 97.7 Å². The van der Waals surface area contributed by atoms with Crippen LogP contribution < -0.4 is 0 Å². The Morgan fingerprint density at radius 3 is 2.08 bits per heavy atom. The van der Waals surface area contributed by atoms with E-state index in [-0.39, 0.29) is 13.0 Å². The third kappa shape index (κ3) is 6.53. The lowest BCUT2D eigenvalue weighted by Gasteiger charge is -2.00. The van der Waals surface area contributed by atoms with Crippen molar-refractivity contribution in [1.29, 1.82) is 0 Å². The van der Waals surface area contributed by atoms with Gasteiger partial charge in [-0.15, -0.1) is 3.63 Å². The van der Waals surface area contributed by atoms with Gasteiger partial charge in [0.15, 0.2) is 0 Å². The van der Waals surface area contributed by atoms with Gasteiger partial charge >= 0.3 is 0 Å². The van der Waals surface area contributed by atoms with Gasteiger partial charge in [-0.2, -0.15) is 16.8 Å². The predicted molar refractivity (Wildman–Crippen MR) is 41.4 cm³/mol. The maximum absolute atomic E-state index is 10.7. The van der Waals surface area contributed by atoms with Crippen molar-refractivity contribution >= 4 is 20.2 Å². The molecule has 0 aliphatic rings. The van der Waals surface area contributed by atoms with Gasteiger partial charge in [-0.25, -0.2) is 0 Å². The van der Waals surface area contributed by atoms with Crippen molar-refractivity contribution in [3.05, 3.63) is 0 Å². The third-order valence-electron chi connectivity index (χ3n) is 0.780. The lowest BCUT2D eigenvalue weighted by Crippen LogP contribution is -2.16. The molecule has 0 aromatic carbocycles. The molecule has 0 aliphatic carbocycles. The quantitative estimate of drug-likeness (QED) is 0.614. The second kappa shape index (κ2) is 4.17. The van der Waals surface area contributed by atoms with Crippen molar-refractivity contribution in [2.75, 3.05) is 18.6 Å². The highest BCUT2D eigenvalue weighted by Crippen LogP contribution is 2.00. The van der Waals surface area contributed by atoms with Crippen LogP contribution in [0, 0.1) is 0 Å². The maximum Gasteiger partial charge on any atom is 0.281 e. The van der Waals surface area contributed by atoms with Gasteiger partial charge in [-0.3, -0.25) is 0 Å². The summed E-state index contributed by atoms with van der Waals surface area (Å²) in [4.78, 5) is 0. The Labute approximate surface area is 71.4 Å². The van der Waals surface area contributed by atoms with E-state index in [4.69, 9.17) is 5.11 Å². The van der Waals surface area contributed by atoms with Crippen LogP contribution in [0.2, 0.25) is 0 Å². The maximum atomic E-state index is 10.7. The summed E-state index contributed by atoms with van der Waals surface area (Å²) in [6, 6.07) is 0. The summed E-state index contributed by atoms with van der Waals surface area (Å²) in [5, 5.41) is 8.26. The van der Waals surface area contributed by atoms with E-state index in [9.17, 15) is 16.8 Å². The molecule has 12 heavy (non-hydrogen) atoms. The van der Waals surface area contributed by atoms with Crippen molar-refractivity contribution in [2.24, 2.45) is 0 Å². The van der Waals surface area contributed by atoms with Crippen LogP contribution in [0.1, 0.15) is 6.42 Å². The summed E-state index contributed by atoms with van der Waals surface area (Å²) < 4.78 is 45.8. The Kier molecular flexibility index (Phi) is 4.11. The fraction of sp³-hybridized carbons (Fsp3) is 1.00. The van der Waals surface area contributed by atoms with Crippen LogP contribution in [-0.4, -0.2) is 40.6 Å². The van der Waals surface area contributed by atoms with E-state index in [2.05, 4.69) is 3.63 Å². The van der Waals surface area contributed by atoms with Gasteiger partial charge in [0.25, 0.3) is 20.2 Å². The molecule has 0 saturated carbocycles. The average molecular weight is 218 g/mol. The molecule has 0 aromatic heterocycles.